The van der Waals surface area contributed by atoms with Crippen LogP contribution in [0.3, 0.4) is 0 Å². The van der Waals surface area contributed by atoms with Gasteiger partial charge in [-0.3, -0.25) is 9.59 Å². The number of hydrogen-bond acceptors (Lipinski definition) is 4. The van der Waals surface area contributed by atoms with Crippen molar-refractivity contribution in [1.82, 2.24) is 0 Å². The van der Waals surface area contributed by atoms with Crippen LogP contribution in [0.5, 0.6) is 0 Å². The summed E-state index contributed by atoms with van der Waals surface area (Å²) in [6, 6.07) is 0. The van der Waals surface area contributed by atoms with Crippen molar-refractivity contribution in [3.63, 3.8) is 0 Å². The maximum absolute atomic E-state index is 12.2. The third kappa shape index (κ3) is 14.9. The fraction of sp³-hybridized carbons (Fsp3) is 0.875. The predicted molar refractivity (Wildman–Crippen MR) is 116 cm³/mol. The van der Waals surface area contributed by atoms with Gasteiger partial charge in [0.15, 0.2) is 0 Å². The zero-order valence-corrected chi connectivity index (χ0v) is 18.8. The molecule has 2 unspecified atom stereocenters. The Bertz CT molecular complexity index is 381. The van der Waals surface area contributed by atoms with Crippen molar-refractivity contribution >= 4 is 11.9 Å². The summed E-state index contributed by atoms with van der Waals surface area (Å²) in [4.78, 5) is 23.9. The van der Waals surface area contributed by atoms with Gasteiger partial charge in [0.05, 0.1) is 19.1 Å². The molecule has 1 radical (unpaired) electrons. The summed E-state index contributed by atoms with van der Waals surface area (Å²) in [5, 5.41) is 0. The third-order valence-electron chi connectivity index (χ3n) is 5.27. The summed E-state index contributed by atoms with van der Waals surface area (Å²) in [5.41, 5.74) is 0. The molecule has 0 rings (SSSR count). The summed E-state index contributed by atoms with van der Waals surface area (Å²) < 4.78 is 10.7. The molecule has 0 aliphatic carbocycles. The average molecular weight is 398 g/mol. The van der Waals surface area contributed by atoms with Crippen molar-refractivity contribution in [3.8, 4) is 0 Å². The van der Waals surface area contributed by atoms with Crippen molar-refractivity contribution in [2.24, 2.45) is 11.8 Å². The van der Waals surface area contributed by atoms with Crippen LogP contribution >= 0.6 is 0 Å². The minimum atomic E-state index is -0.0932. The van der Waals surface area contributed by atoms with Gasteiger partial charge in [0.2, 0.25) is 0 Å². The molecule has 0 aliphatic heterocycles. The molecule has 4 nitrogen and oxygen atoms in total. The van der Waals surface area contributed by atoms with Gasteiger partial charge in [0.1, 0.15) is 0 Å². The Kier molecular flexibility index (Phi) is 18.5. The Labute approximate surface area is 174 Å². The standard InChI is InChI=1S/C24H45O4/c1-5-8-10-16-19-27-23(25)18-14-12-11-13-17-21(4)22(7-3)24(26)28-20-15-9-6-2/h21-22H,4-20H2,1-3H3. The van der Waals surface area contributed by atoms with Crippen molar-refractivity contribution in [1.29, 1.82) is 0 Å². The fourth-order valence-corrected chi connectivity index (χ4v) is 3.34. The van der Waals surface area contributed by atoms with E-state index in [-0.39, 0.29) is 23.8 Å². The van der Waals surface area contributed by atoms with Crippen molar-refractivity contribution in [3.05, 3.63) is 6.92 Å². The largest absolute Gasteiger partial charge is 0.466 e. The molecule has 0 saturated carbocycles. The van der Waals surface area contributed by atoms with Gasteiger partial charge < -0.3 is 9.47 Å². The number of hydrogen-bond donors (Lipinski definition) is 0. The molecule has 0 saturated heterocycles. The van der Waals surface area contributed by atoms with Crippen LogP contribution in [-0.2, 0) is 19.1 Å². The Hall–Kier alpha value is -1.06. The molecule has 0 aromatic heterocycles. The van der Waals surface area contributed by atoms with Crippen LogP contribution in [0.15, 0.2) is 0 Å². The summed E-state index contributed by atoms with van der Waals surface area (Å²) in [6.45, 7) is 11.6. The normalized spacial score (nSPS) is 13.1. The maximum Gasteiger partial charge on any atom is 0.309 e. The second kappa shape index (κ2) is 19.3. The Balaban J connectivity index is 3.73. The Morgan fingerprint density at radius 2 is 1.32 bits per heavy atom. The molecular formula is C24H45O4. The molecule has 0 fully saturated rings. The summed E-state index contributed by atoms with van der Waals surface area (Å²) >= 11 is 0. The minimum Gasteiger partial charge on any atom is -0.466 e. The first-order valence-electron chi connectivity index (χ1n) is 11.7. The zero-order valence-electron chi connectivity index (χ0n) is 18.8. The van der Waals surface area contributed by atoms with Gasteiger partial charge in [-0.25, -0.2) is 0 Å². The fourth-order valence-electron chi connectivity index (χ4n) is 3.34. The van der Waals surface area contributed by atoms with Crippen LogP contribution in [0.2, 0.25) is 0 Å². The minimum absolute atomic E-state index is 0.0663. The molecule has 0 amide bonds. The van der Waals surface area contributed by atoms with E-state index < -0.39 is 0 Å². The van der Waals surface area contributed by atoms with E-state index in [0.29, 0.717) is 19.6 Å². The van der Waals surface area contributed by atoms with E-state index in [4.69, 9.17) is 9.47 Å². The lowest BCUT2D eigenvalue weighted by atomic mass is 9.87. The van der Waals surface area contributed by atoms with Crippen LogP contribution in [-0.4, -0.2) is 25.2 Å². The third-order valence-corrected chi connectivity index (χ3v) is 5.27. The molecule has 0 spiro atoms. The molecule has 4 heteroatoms. The van der Waals surface area contributed by atoms with Crippen LogP contribution in [0.4, 0.5) is 0 Å². The highest BCUT2D eigenvalue weighted by Crippen LogP contribution is 2.23. The smallest absolute Gasteiger partial charge is 0.309 e. The first kappa shape index (κ1) is 26.9. The van der Waals surface area contributed by atoms with E-state index in [1.165, 1.54) is 12.8 Å². The molecule has 28 heavy (non-hydrogen) atoms. The SMILES string of the molecule is [CH2]C(CCCCCCC(=O)OCCCCCC)C(CC)C(=O)OCCCCC. The highest BCUT2D eigenvalue weighted by atomic mass is 16.5. The number of esters is 2. The predicted octanol–water partition coefficient (Wildman–Crippen LogP) is 6.66. The van der Waals surface area contributed by atoms with E-state index in [9.17, 15) is 9.59 Å². The van der Waals surface area contributed by atoms with Gasteiger partial charge in [-0.1, -0.05) is 72.1 Å². The second-order valence-electron chi connectivity index (χ2n) is 7.88. The molecular weight excluding hydrogens is 352 g/mol. The van der Waals surface area contributed by atoms with Crippen LogP contribution in [0.1, 0.15) is 111 Å². The second-order valence-corrected chi connectivity index (χ2v) is 7.88. The number of rotatable bonds is 19. The number of unbranched alkanes of at least 4 members (excludes halogenated alkanes) is 8. The van der Waals surface area contributed by atoms with Crippen molar-refractivity contribution < 1.29 is 19.1 Å². The molecule has 0 bridgehead atoms. The van der Waals surface area contributed by atoms with E-state index in [1.807, 2.05) is 6.92 Å². The van der Waals surface area contributed by atoms with Crippen molar-refractivity contribution in [2.75, 3.05) is 13.2 Å². The van der Waals surface area contributed by atoms with Gasteiger partial charge in [-0.05, 0) is 44.9 Å². The monoisotopic (exact) mass is 397 g/mol. The molecule has 2 atom stereocenters. The van der Waals surface area contributed by atoms with Gasteiger partial charge >= 0.3 is 11.9 Å². The van der Waals surface area contributed by atoms with Crippen molar-refractivity contribution in [2.45, 2.75) is 111 Å². The molecule has 165 valence electrons. The highest BCUT2D eigenvalue weighted by molar-refractivity contribution is 5.72. The Morgan fingerprint density at radius 1 is 0.750 bits per heavy atom. The topological polar surface area (TPSA) is 52.6 Å². The van der Waals surface area contributed by atoms with E-state index in [2.05, 4.69) is 20.8 Å². The average Bonchev–Trinajstić information content (AvgIpc) is 2.68. The number of carbonyl (C=O) groups is 2. The lowest BCUT2D eigenvalue weighted by molar-refractivity contribution is -0.150. The van der Waals surface area contributed by atoms with E-state index in [0.717, 1.165) is 70.6 Å². The summed E-state index contributed by atoms with van der Waals surface area (Å²) in [6.07, 6.45) is 13.9. The maximum atomic E-state index is 12.2. The van der Waals surface area contributed by atoms with Gasteiger partial charge in [-0.2, -0.15) is 0 Å². The van der Waals surface area contributed by atoms with Gasteiger partial charge in [-0.15, -0.1) is 0 Å². The number of carbonyl (C=O) groups excluding carboxylic acids is 2. The van der Waals surface area contributed by atoms with Crippen LogP contribution in [0.25, 0.3) is 0 Å². The Morgan fingerprint density at radius 3 is 2.00 bits per heavy atom. The molecule has 0 aliphatic rings. The zero-order chi connectivity index (χ0) is 21.0. The number of ether oxygens (including phenoxy) is 2. The van der Waals surface area contributed by atoms with Gasteiger partial charge in [0, 0.05) is 6.42 Å². The molecule has 0 heterocycles. The van der Waals surface area contributed by atoms with Crippen LogP contribution in [0, 0.1) is 18.8 Å². The first-order valence-corrected chi connectivity index (χ1v) is 11.7. The molecule has 0 N–H and O–H groups in total. The molecule has 0 aromatic rings. The molecule has 0 aromatic carbocycles. The first-order chi connectivity index (χ1) is 13.6. The van der Waals surface area contributed by atoms with Gasteiger partial charge in [0.25, 0.3) is 0 Å². The van der Waals surface area contributed by atoms with Crippen LogP contribution < -0.4 is 0 Å². The van der Waals surface area contributed by atoms with E-state index >= 15 is 0 Å². The van der Waals surface area contributed by atoms with E-state index in [1.54, 1.807) is 0 Å². The quantitative estimate of drug-likeness (QED) is 0.181. The highest BCUT2D eigenvalue weighted by Gasteiger charge is 2.24. The lowest BCUT2D eigenvalue weighted by Crippen LogP contribution is -2.24. The lowest BCUT2D eigenvalue weighted by Gasteiger charge is -2.21. The summed E-state index contributed by atoms with van der Waals surface area (Å²) in [5.74, 6) is -0.134. The summed E-state index contributed by atoms with van der Waals surface area (Å²) in [7, 11) is 0.